The lowest BCUT2D eigenvalue weighted by Gasteiger charge is -2.06. The van der Waals surface area contributed by atoms with E-state index in [4.69, 9.17) is 0 Å². The van der Waals surface area contributed by atoms with Crippen molar-refractivity contribution in [3.05, 3.63) is 76.6 Å². The number of pyridine rings is 1. The third-order valence-corrected chi connectivity index (χ3v) is 3.11. The van der Waals surface area contributed by atoms with Gasteiger partial charge in [0.1, 0.15) is 11.4 Å². The first kappa shape index (κ1) is 13.1. The maximum absolute atomic E-state index is 12.2. The molecule has 2 N–H and O–H groups in total. The zero-order chi connectivity index (χ0) is 14.7. The number of nitrogens with zero attached hydrogens (tertiary/aromatic N) is 2. The number of benzene rings is 1. The van der Waals surface area contributed by atoms with Crippen molar-refractivity contribution in [1.29, 1.82) is 0 Å². The minimum Gasteiger partial charge on any atom is -0.493 e. The van der Waals surface area contributed by atoms with Gasteiger partial charge in [0.2, 0.25) is 5.88 Å². The molecule has 0 atom stereocenters. The first-order chi connectivity index (χ1) is 10.2. The average molecular weight is 279 g/mol. The van der Waals surface area contributed by atoms with Crippen LogP contribution in [0.4, 0.5) is 0 Å². The van der Waals surface area contributed by atoms with Crippen LogP contribution in [0.15, 0.2) is 59.7 Å². The van der Waals surface area contributed by atoms with Gasteiger partial charge in [-0.1, -0.05) is 36.4 Å². The molecule has 2 aromatic heterocycles. The van der Waals surface area contributed by atoms with Crippen LogP contribution in [0.5, 0.6) is 5.88 Å². The van der Waals surface area contributed by atoms with Crippen molar-refractivity contribution < 1.29 is 5.11 Å². The topological polar surface area (TPSA) is 78.9 Å². The standard InChI is InChI=1S/C16H13N3O2/c20-15-14(12-6-2-1-3-7-12)16(21)19-13(18-15)9-11-5-4-8-17-10-11/h1-8,10H,9H2,(H2,18,19,20,21). The fourth-order valence-electron chi connectivity index (χ4n) is 2.15. The van der Waals surface area contributed by atoms with E-state index in [1.807, 2.05) is 18.2 Å². The quantitative estimate of drug-likeness (QED) is 0.769. The highest BCUT2D eigenvalue weighted by Crippen LogP contribution is 2.23. The number of rotatable bonds is 3. The van der Waals surface area contributed by atoms with Crippen LogP contribution in [0, 0.1) is 0 Å². The second kappa shape index (κ2) is 5.58. The first-order valence-electron chi connectivity index (χ1n) is 6.50. The van der Waals surface area contributed by atoms with E-state index in [0.717, 1.165) is 5.56 Å². The van der Waals surface area contributed by atoms with Gasteiger partial charge in [0, 0.05) is 18.8 Å². The summed E-state index contributed by atoms with van der Waals surface area (Å²) in [5.74, 6) is 0.147. The van der Waals surface area contributed by atoms with Crippen molar-refractivity contribution in [1.82, 2.24) is 15.0 Å². The lowest BCUT2D eigenvalue weighted by atomic mass is 10.1. The van der Waals surface area contributed by atoms with E-state index in [9.17, 15) is 9.90 Å². The van der Waals surface area contributed by atoms with Crippen LogP contribution in [0.2, 0.25) is 0 Å². The van der Waals surface area contributed by atoms with Crippen molar-refractivity contribution in [2.75, 3.05) is 0 Å². The highest BCUT2D eigenvalue weighted by atomic mass is 16.3. The fraction of sp³-hybridized carbons (Fsp3) is 0.0625. The van der Waals surface area contributed by atoms with Gasteiger partial charge >= 0.3 is 0 Å². The Balaban J connectivity index is 1.99. The van der Waals surface area contributed by atoms with Gasteiger partial charge in [0.05, 0.1) is 0 Å². The van der Waals surface area contributed by atoms with E-state index in [1.54, 1.807) is 36.7 Å². The van der Waals surface area contributed by atoms with Crippen LogP contribution >= 0.6 is 0 Å². The molecule has 3 aromatic rings. The molecule has 0 aliphatic carbocycles. The highest BCUT2D eigenvalue weighted by molar-refractivity contribution is 5.66. The summed E-state index contributed by atoms with van der Waals surface area (Å²) in [5, 5.41) is 10.1. The van der Waals surface area contributed by atoms with Crippen LogP contribution in [0.3, 0.4) is 0 Å². The molecular weight excluding hydrogens is 266 g/mol. The summed E-state index contributed by atoms with van der Waals surface area (Å²) in [5.41, 5.74) is 1.38. The molecule has 0 radical (unpaired) electrons. The van der Waals surface area contributed by atoms with Crippen molar-refractivity contribution in [3.63, 3.8) is 0 Å². The van der Waals surface area contributed by atoms with Crippen LogP contribution in [0.25, 0.3) is 11.1 Å². The Kier molecular flexibility index (Phi) is 3.47. The molecule has 2 heterocycles. The molecule has 21 heavy (non-hydrogen) atoms. The maximum atomic E-state index is 12.2. The predicted octanol–water partition coefficient (Wildman–Crippen LogP) is 2.13. The average Bonchev–Trinajstić information content (AvgIpc) is 2.49. The van der Waals surface area contributed by atoms with Crippen molar-refractivity contribution in [2.24, 2.45) is 0 Å². The summed E-state index contributed by atoms with van der Waals surface area (Å²) in [6, 6.07) is 12.7. The summed E-state index contributed by atoms with van der Waals surface area (Å²) in [4.78, 5) is 23.0. The van der Waals surface area contributed by atoms with Crippen molar-refractivity contribution in [2.45, 2.75) is 6.42 Å². The van der Waals surface area contributed by atoms with Gasteiger partial charge in [-0.25, -0.2) is 0 Å². The summed E-state index contributed by atoms with van der Waals surface area (Å²) < 4.78 is 0. The van der Waals surface area contributed by atoms with Crippen molar-refractivity contribution in [3.8, 4) is 17.0 Å². The third-order valence-electron chi connectivity index (χ3n) is 3.11. The Morgan fingerprint density at radius 2 is 1.90 bits per heavy atom. The Morgan fingerprint density at radius 3 is 2.57 bits per heavy atom. The van der Waals surface area contributed by atoms with Gasteiger partial charge in [-0.05, 0) is 17.2 Å². The molecule has 0 fully saturated rings. The lowest BCUT2D eigenvalue weighted by molar-refractivity contribution is 0.450. The molecular formula is C16H13N3O2. The Morgan fingerprint density at radius 1 is 1.10 bits per heavy atom. The normalized spacial score (nSPS) is 10.5. The molecule has 5 heteroatoms. The smallest absolute Gasteiger partial charge is 0.262 e. The predicted molar refractivity (Wildman–Crippen MR) is 79.0 cm³/mol. The summed E-state index contributed by atoms with van der Waals surface area (Å²) >= 11 is 0. The van der Waals surface area contributed by atoms with Crippen LogP contribution < -0.4 is 5.56 Å². The second-order valence-corrected chi connectivity index (χ2v) is 4.62. The number of H-pyrrole nitrogens is 1. The molecule has 5 nitrogen and oxygen atoms in total. The number of aromatic nitrogens is 3. The minimum absolute atomic E-state index is 0.186. The zero-order valence-electron chi connectivity index (χ0n) is 11.2. The van der Waals surface area contributed by atoms with Crippen molar-refractivity contribution >= 4 is 0 Å². The van der Waals surface area contributed by atoms with E-state index < -0.39 is 0 Å². The summed E-state index contributed by atoms with van der Waals surface area (Å²) in [6.07, 6.45) is 3.78. The molecule has 0 aliphatic rings. The van der Waals surface area contributed by atoms with E-state index in [0.29, 0.717) is 17.8 Å². The highest BCUT2D eigenvalue weighted by Gasteiger charge is 2.12. The largest absolute Gasteiger partial charge is 0.493 e. The molecule has 0 unspecified atom stereocenters. The summed E-state index contributed by atoms with van der Waals surface area (Å²) in [6.45, 7) is 0. The molecule has 0 bridgehead atoms. The third kappa shape index (κ3) is 2.81. The van der Waals surface area contributed by atoms with Gasteiger partial charge in [0.25, 0.3) is 5.56 Å². The molecule has 0 saturated carbocycles. The molecule has 0 aliphatic heterocycles. The van der Waals surface area contributed by atoms with Gasteiger partial charge in [-0.3, -0.25) is 9.78 Å². The van der Waals surface area contributed by atoms with E-state index in [-0.39, 0.29) is 17.0 Å². The number of aromatic amines is 1. The molecule has 1 aromatic carbocycles. The molecule has 0 spiro atoms. The van der Waals surface area contributed by atoms with Crippen LogP contribution in [-0.4, -0.2) is 20.1 Å². The van der Waals surface area contributed by atoms with Gasteiger partial charge in [-0.15, -0.1) is 0 Å². The molecule has 0 amide bonds. The SMILES string of the molecule is O=c1[nH]c(Cc2cccnc2)nc(O)c1-c1ccccc1. The zero-order valence-corrected chi connectivity index (χ0v) is 11.2. The number of nitrogens with one attached hydrogen (secondary N) is 1. The molecule has 104 valence electrons. The fourth-order valence-corrected chi connectivity index (χ4v) is 2.15. The second-order valence-electron chi connectivity index (χ2n) is 4.62. The Labute approximate surface area is 121 Å². The Bertz CT molecular complexity index is 799. The Hall–Kier alpha value is -2.95. The van der Waals surface area contributed by atoms with E-state index in [2.05, 4.69) is 15.0 Å². The van der Waals surface area contributed by atoms with E-state index in [1.165, 1.54) is 0 Å². The van der Waals surface area contributed by atoms with Crippen LogP contribution in [0.1, 0.15) is 11.4 Å². The number of hydrogen-bond acceptors (Lipinski definition) is 4. The number of aromatic hydroxyl groups is 1. The van der Waals surface area contributed by atoms with Gasteiger partial charge in [-0.2, -0.15) is 4.98 Å². The monoisotopic (exact) mass is 279 g/mol. The first-order valence-corrected chi connectivity index (χ1v) is 6.50. The lowest BCUT2D eigenvalue weighted by Crippen LogP contribution is -2.14. The minimum atomic E-state index is -0.354. The van der Waals surface area contributed by atoms with Gasteiger partial charge < -0.3 is 10.1 Å². The molecule has 3 rings (SSSR count). The van der Waals surface area contributed by atoms with Gasteiger partial charge in [0.15, 0.2) is 0 Å². The molecule has 0 saturated heterocycles. The number of hydrogen-bond donors (Lipinski definition) is 2. The van der Waals surface area contributed by atoms with E-state index >= 15 is 0 Å². The maximum Gasteiger partial charge on any atom is 0.262 e. The van der Waals surface area contributed by atoms with Crippen LogP contribution in [-0.2, 0) is 6.42 Å². The summed E-state index contributed by atoms with van der Waals surface area (Å²) in [7, 11) is 0.